The van der Waals surface area contributed by atoms with E-state index in [1.807, 2.05) is 0 Å². The topological polar surface area (TPSA) is 61.6 Å². The van der Waals surface area contributed by atoms with E-state index < -0.39 is 16.4 Å². The largest absolute Gasteiger partial charge is 0.403 e. The van der Waals surface area contributed by atoms with Crippen LogP contribution in [0.15, 0.2) is 0 Å². The van der Waals surface area contributed by atoms with Crippen molar-refractivity contribution in [3.05, 3.63) is 10.1 Å². The minimum Gasteiger partial charge on any atom is -0.352 e. The summed E-state index contributed by atoms with van der Waals surface area (Å²) in [6.07, 6.45) is 2.05. The van der Waals surface area contributed by atoms with E-state index >= 15 is 0 Å². The highest BCUT2D eigenvalue weighted by Crippen LogP contribution is 2.24. The summed E-state index contributed by atoms with van der Waals surface area (Å²) in [5.41, 5.74) is 0. The second-order valence-electron chi connectivity index (χ2n) is 3.04. The lowest BCUT2D eigenvalue weighted by Crippen LogP contribution is -2.38. The van der Waals surface area contributed by atoms with Crippen molar-refractivity contribution in [3.63, 3.8) is 0 Å². The molecular weight excluding hydrogens is 198 g/mol. The van der Waals surface area contributed by atoms with Gasteiger partial charge in [-0.25, -0.2) is 0 Å². The van der Waals surface area contributed by atoms with E-state index in [0.29, 0.717) is 13.0 Å². The number of hydrogen-bond donors (Lipinski definition) is 0. The van der Waals surface area contributed by atoms with Crippen molar-refractivity contribution in [1.82, 2.24) is 0 Å². The Morgan fingerprint density at radius 1 is 1.69 bits per heavy atom. The van der Waals surface area contributed by atoms with Crippen molar-refractivity contribution in [2.45, 2.75) is 37.7 Å². The molecule has 2 unspecified atom stereocenters. The molecule has 1 heterocycles. The number of ether oxygens (including phenoxy) is 2. The van der Waals surface area contributed by atoms with Gasteiger partial charge in [-0.2, -0.15) is 0 Å². The van der Waals surface area contributed by atoms with Crippen LogP contribution < -0.4 is 0 Å². The van der Waals surface area contributed by atoms with Crippen LogP contribution in [0.3, 0.4) is 0 Å². The summed E-state index contributed by atoms with van der Waals surface area (Å²) in [4.78, 5) is 9.71. The Bertz CT molecular complexity index is 191. The molecule has 0 aliphatic carbocycles. The van der Waals surface area contributed by atoms with Gasteiger partial charge in [0.2, 0.25) is 0 Å². The molecule has 0 N–H and O–H groups in total. The zero-order valence-electron chi connectivity index (χ0n) is 7.36. The van der Waals surface area contributed by atoms with Crippen molar-refractivity contribution in [2.24, 2.45) is 0 Å². The highest BCUT2D eigenvalue weighted by atomic mass is 35.5. The standard InChI is InChI=1S/C7H12ClNO4/c1-7(8,9(10)11)13-6-4-2-3-5-12-6/h6H,2-5H2,1H3. The quantitative estimate of drug-likeness (QED) is 0.233. The van der Waals surface area contributed by atoms with Gasteiger partial charge in [0.25, 0.3) is 0 Å². The Morgan fingerprint density at radius 2 is 2.38 bits per heavy atom. The van der Waals surface area contributed by atoms with Crippen molar-refractivity contribution < 1.29 is 14.4 Å². The van der Waals surface area contributed by atoms with Crippen molar-refractivity contribution in [2.75, 3.05) is 6.61 Å². The molecule has 0 aromatic rings. The van der Waals surface area contributed by atoms with Gasteiger partial charge in [-0.05, 0) is 30.9 Å². The summed E-state index contributed by atoms with van der Waals surface area (Å²) in [5.74, 6) is 0. The highest BCUT2D eigenvalue weighted by molar-refractivity contribution is 6.21. The zero-order valence-corrected chi connectivity index (χ0v) is 8.12. The number of hydrogen-bond acceptors (Lipinski definition) is 4. The molecule has 5 nitrogen and oxygen atoms in total. The molecule has 1 rings (SSSR count). The van der Waals surface area contributed by atoms with Crippen molar-refractivity contribution in [3.8, 4) is 0 Å². The molecule has 0 amide bonds. The molecule has 1 aliphatic rings. The van der Waals surface area contributed by atoms with E-state index in [4.69, 9.17) is 21.1 Å². The average Bonchev–Trinajstić information content (AvgIpc) is 2.05. The third kappa shape index (κ3) is 3.10. The van der Waals surface area contributed by atoms with E-state index in [1.54, 1.807) is 0 Å². The molecule has 1 aliphatic heterocycles. The second kappa shape index (κ2) is 4.21. The first kappa shape index (κ1) is 10.7. The van der Waals surface area contributed by atoms with Gasteiger partial charge >= 0.3 is 5.18 Å². The average molecular weight is 210 g/mol. The van der Waals surface area contributed by atoms with Gasteiger partial charge in [-0.1, -0.05) is 0 Å². The van der Waals surface area contributed by atoms with E-state index in [2.05, 4.69) is 0 Å². The molecular formula is C7H12ClNO4. The molecule has 0 radical (unpaired) electrons. The number of rotatable bonds is 3. The number of alkyl halides is 1. The fourth-order valence-corrected chi connectivity index (χ4v) is 1.19. The van der Waals surface area contributed by atoms with Crippen LogP contribution in [-0.4, -0.2) is 23.0 Å². The first-order valence-corrected chi connectivity index (χ1v) is 4.53. The van der Waals surface area contributed by atoms with Crippen LogP contribution in [0.4, 0.5) is 0 Å². The fourth-order valence-electron chi connectivity index (χ4n) is 1.09. The highest BCUT2D eigenvalue weighted by Gasteiger charge is 2.39. The first-order valence-electron chi connectivity index (χ1n) is 4.15. The Hall–Kier alpha value is -0.390. The Labute approximate surface area is 81.1 Å². The second-order valence-corrected chi connectivity index (χ2v) is 3.74. The van der Waals surface area contributed by atoms with Crippen LogP contribution >= 0.6 is 11.6 Å². The Balaban J connectivity index is 2.41. The van der Waals surface area contributed by atoms with Gasteiger partial charge in [0.15, 0.2) is 6.29 Å². The summed E-state index contributed by atoms with van der Waals surface area (Å²) < 4.78 is 10.1. The Kier molecular flexibility index (Phi) is 3.47. The predicted molar refractivity (Wildman–Crippen MR) is 45.9 cm³/mol. The lowest BCUT2D eigenvalue weighted by molar-refractivity contribution is -0.604. The lowest BCUT2D eigenvalue weighted by Gasteiger charge is -2.25. The summed E-state index contributed by atoms with van der Waals surface area (Å²) in [5, 5.41) is 8.51. The van der Waals surface area contributed by atoms with Gasteiger partial charge in [-0.3, -0.25) is 14.9 Å². The van der Waals surface area contributed by atoms with Crippen LogP contribution in [0.5, 0.6) is 0 Å². The summed E-state index contributed by atoms with van der Waals surface area (Å²) in [7, 11) is 0. The van der Waals surface area contributed by atoms with Crippen molar-refractivity contribution in [1.29, 1.82) is 0 Å². The summed E-state index contributed by atoms with van der Waals surface area (Å²) >= 11 is 5.50. The van der Waals surface area contributed by atoms with Gasteiger partial charge in [0, 0.05) is 6.61 Å². The molecule has 1 fully saturated rings. The monoisotopic (exact) mass is 209 g/mol. The fraction of sp³-hybridized carbons (Fsp3) is 1.00. The molecule has 0 bridgehead atoms. The number of nitro groups is 1. The van der Waals surface area contributed by atoms with Gasteiger partial charge < -0.3 is 4.74 Å². The van der Waals surface area contributed by atoms with Crippen LogP contribution in [0.25, 0.3) is 0 Å². The van der Waals surface area contributed by atoms with Crippen LogP contribution in [-0.2, 0) is 9.47 Å². The molecule has 0 saturated carbocycles. The molecule has 13 heavy (non-hydrogen) atoms. The number of halogens is 1. The smallest absolute Gasteiger partial charge is 0.352 e. The molecule has 0 aromatic heterocycles. The molecule has 0 aromatic carbocycles. The van der Waals surface area contributed by atoms with E-state index in [1.165, 1.54) is 6.92 Å². The van der Waals surface area contributed by atoms with Crippen LogP contribution in [0.1, 0.15) is 26.2 Å². The molecule has 0 spiro atoms. The third-order valence-corrected chi connectivity index (χ3v) is 2.04. The van der Waals surface area contributed by atoms with Gasteiger partial charge in [-0.15, -0.1) is 0 Å². The SMILES string of the molecule is CC(Cl)(OC1CCCCO1)[N+](=O)[O-]. The maximum atomic E-state index is 10.4. The minimum atomic E-state index is -1.87. The van der Waals surface area contributed by atoms with Gasteiger partial charge in [0.05, 0.1) is 11.8 Å². The van der Waals surface area contributed by atoms with Gasteiger partial charge in [0.1, 0.15) is 0 Å². The third-order valence-electron chi connectivity index (χ3n) is 1.81. The maximum Gasteiger partial charge on any atom is 0.403 e. The lowest BCUT2D eigenvalue weighted by atomic mass is 10.2. The van der Waals surface area contributed by atoms with Crippen LogP contribution in [0, 0.1) is 10.1 Å². The number of nitrogens with zero attached hydrogens (tertiary/aromatic N) is 1. The molecule has 1 saturated heterocycles. The minimum absolute atomic E-state index is 0.540. The summed E-state index contributed by atoms with van der Waals surface area (Å²) in [6, 6.07) is 0. The first-order chi connectivity index (χ1) is 6.02. The van der Waals surface area contributed by atoms with E-state index in [0.717, 1.165) is 12.8 Å². The van der Waals surface area contributed by atoms with Crippen LogP contribution in [0.2, 0.25) is 0 Å². The molecule has 6 heteroatoms. The Morgan fingerprint density at radius 3 is 2.85 bits per heavy atom. The maximum absolute atomic E-state index is 10.4. The summed E-state index contributed by atoms with van der Waals surface area (Å²) in [6.45, 7) is 1.78. The molecule has 76 valence electrons. The van der Waals surface area contributed by atoms with Crippen molar-refractivity contribution >= 4 is 11.6 Å². The normalized spacial score (nSPS) is 28.0. The predicted octanol–water partition coefficient (Wildman–Crippen LogP) is 1.72. The van der Waals surface area contributed by atoms with E-state index in [9.17, 15) is 10.1 Å². The zero-order chi connectivity index (χ0) is 9.90. The molecule has 2 atom stereocenters. The van der Waals surface area contributed by atoms with E-state index in [-0.39, 0.29) is 0 Å².